The minimum atomic E-state index is -0.428. The number of fused-ring (bicyclic) bond motifs is 1. The van der Waals surface area contributed by atoms with Gasteiger partial charge in [-0.25, -0.2) is 0 Å². The van der Waals surface area contributed by atoms with Crippen molar-refractivity contribution in [2.75, 3.05) is 0 Å². The predicted octanol–water partition coefficient (Wildman–Crippen LogP) is 1.01. The lowest BCUT2D eigenvalue weighted by molar-refractivity contribution is -0.384. The van der Waals surface area contributed by atoms with E-state index < -0.39 is 4.92 Å². The van der Waals surface area contributed by atoms with Gasteiger partial charge >= 0.3 is 0 Å². The molecule has 0 atom stereocenters. The zero-order valence-corrected chi connectivity index (χ0v) is 8.17. The topological polar surface area (TPSA) is 86.5 Å². The first-order valence-electron chi connectivity index (χ1n) is 4.44. The molecule has 0 fully saturated rings. The molecule has 0 saturated heterocycles. The number of nitrogens with zero attached hydrogens (tertiary/aromatic N) is 3. The summed E-state index contributed by atoms with van der Waals surface area (Å²) in [6.07, 6.45) is 3.20. The monoisotopic (exact) mass is 206 g/mol. The Morgan fingerprint density at radius 3 is 2.93 bits per heavy atom. The maximum Gasteiger partial charge on any atom is 0.287 e. The van der Waals surface area contributed by atoms with Crippen LogP contribution in [-0.2, 0) is 6.54 Å². The highest BCUT2D eigenvalue weighted by Crippen LogP contribution is 2.19. The van der Waals surface area contributed by atoms with Crippen molar-refractivity contribution in [3.8, 4) is 0 Å². The van der Waals surface area contributed by atoms with Crippen molar-refractivity contribution in [3.05, 3.63) is 40.0 Å². The van der Waals surface area contributed by atoms with Gasteiger partial charge in [0, 0.05) is 18.8 Å². The van der Waals surface area contributed by atoms with Crippen molar-refractivity contribution in [2.45, 2.75) is 13.5 Å². The Morgan fingerprint density at radius 1 is 1.60 bits per heavy atom. The van der Waals surface area contributed by atoms with Gasteiger partial charge in [-0.05, 0) is 6.92 Å². The van der Waals surface area contributed by atoms with E-state index in [0.717, 1.165) is 5.69 Å². The number of rotatable bonds is 2. The van der Waals surface area contributed by atoms with E-state index in [1.54, 1.807) is 10.6 Å². The highest BCUT2D eigenvalue weighted by Gasteiger charge is 2.12. The van der Waals surface area contributed by atoms with Gasteiger partial charge in [0.2, 0.25) is 0 Å². The summed E-state index contributed by atoms with van der Waals surface area (Å²) in [5.74, 6) is 0. The van der Waals surface area contributed by atoms with E-state index in [4.69, 9.17) is 5.73 Å². The van der Waals surface area contributed by atoms with Crippen molar-refractivity contribution in [1.29, 1.82) is 0 Å². The summed E-state index contributed by atoms with van der Waals surface area (Å²) in [5.41, 5.74) is 7.72. The predicted molar refractivity (Wildman–Crippen MR) is 54.5 cm³/mol. The Labute approximate surface area is 85.5 Å². The van der Waals surface area contributed by atoms with E-state index in [1.165, 1.54) is 12.3 Å². The quantitative estimate of drug-likeness (QED) is 0.586. The van der Waals surface area contributed by atoms with Gasteiger partial charge in [-0.1, -0.05) is 0 Å². The molecule has 0 saturated carbocycles. The first-order valence-corrected chi connectivity index (χ1v) is 4.44. The van der Waals surface area contributed by atoms with Gasteiger partial charge in [-0.2, -0.15) is 0 Å². The van der Waals surface area contributed by atoms with Crippen LogP contribution in [0.2, 0.25) is 0 Å². The summed E-state index contributed by atoms with van der Waals surface area (Å²) in [4.78, 5) is 14.4. The first kappa shape index (κ1) is 9.60. The molecule has 2 aromatic heterocycles. The van der Waals surface area contributed by atoms with Crippen LogP contribution in [0.25, 0.3) is 5.52 Å². The molecule has 0 aliphatic carbocycles. The number of aromatic nitrogens is 2. The van der Waals surface area contributed by atoms with Crippen LogP contribution < -0.4 is 5.73 Å². The molecule has 0 unspecified atom stereocenters. The number of hydrogen-bond donors (Lipinski definition) is 1. The van der Waals surface area contributed by atoms with Gasteiger partial charge in [-0.15, -0.1) is 0 Å². The SMILES string of the molecule is Cc1cn2cc([N+](=O)[O-])cc2c(CN)n1. The molecule has 6 heteroatoms. The zero-order chi connectivity index (χ0) is 11.0. The molecule has 6 nitrogen and oxygen atoms in total. The van der Waals surface area contributed by atoms with Crippen LogP contribution in [0.5, 0.6) is 0 Å². The van der Waals surface area contributed by atoms with Gasteiger partial charge in [0.15, 0.2) is 0 Å². The Bertz CT molecular complexity index is 532. The molecule has 2 rings (SSSR count). The average Bonchev–Trinajstić information content (AvgIpc) is 2.59. The number of aryl methyl sites for hydroxylation is 1. The largest absolute Gasteiger partial charge is 0.325 e. The second-order valence-electron chi connectivity index (χ2n) is 3.28. The summed E-state index contributed by atoms with van der Waals surface area (Å²) in [7, 11) is 0. The lowest BCUT2D eigenvalue weighted by atomic mass is 10.3. The van der Waals surface area contributed by atoms with Crippen molar-refractivity contribution in [2.24, 2.45) is 5.73 Å². The fraction of sp³-hybridized carbons (Fsp3) is 0.222. The molecule has 0 radical (unpaired) electrons. The molecule has 0 aliphatic rings. The van der Waals surface area contributed by atoms with E-state index in [-0.39, 0.29) is 12.2 Å². The van der Waals surface area contributed by atoms with Crippen LogP contribution in [-0.4, -0.2) is 14.3 Å². The summed E-state index contributed by atoms with van der Waals surface area (Å²) in [6, 6.07) is 1.48. The molecule has 0 bridgehead atoms. The zero-order valence-electron chi connectivity index (χ0n) is 8.17. The van der Waals surface area contributed by atoms with Crippen molar-refractivity contribution < 1.29 is 4.92 Å². The van der Waals surface area contributed by atoms with Crippen molar-refractivity contribution >= 4 is 11.2 Å². The minimum absolute atomic E-state index is 0.0529. The molecule has 78 valence electrons. The third-order valence-corrected chi connectivity index (χ3v) is 2.17. The number of nitrogens with two attached hydrogens (primary N) is 1. The van der Waals surface area contributed by atoms with Crippen molar-refractivity contribution in [3.63, 3.8) is 0 Å². The summed E-state index contributed by atoms with van der Waals surface area (Å²) < 4.78 is 1.68. The second-order valence-corrected chi connectivity index (χ2v) is 3.28. The molecular weight excluding hydrogens is 196 g/mol. The molecule has 2 N–H and O–H groups in total. The fourth-order valence-electron chi connectivity index (χ4n) is 1.55. The smallest absolute Gasteiger partial charge is 0.287 e. The number of hydrogen-bond acceptors (Lipinski definition) is 4. The maximum atomic E-state index is 10.6. The van der Waals surface area contributed by atoms with Crippen LogP contribution >= 0.6 is 0 Å². The normalized spacial score (nSPS) is 10.8. The summed E-state index contributed by atoms with van der Waals surface area (Å²) >= 11 is 0. The summed E-state index contributed by atoms with van der Waals surface area (Å²) in [6.45, 7) is 2.09. The van der Waals surface area contributed by atoms with Crippen LogP contribution in [0.1, 0.15) is 11.4 Å². The molecule has 15 heavy (non-hydrogen) atoms. The highest BCUT2D eigenvalue weighted by atomic mass is 16.6. The fourth-order valence-corrected chi connectivity index (χ4v) is 1.55. The van der Waals surface area contributed by atoms with Crippen LogP contribution in [0.4, 0.5) is 5.69 Å². The van der Waals surface area contributed by atoms with Crippen LogP contribution in [0.15, 0.2) is 18.5 Å². The molecule has 2 aromatic rings. The molecule has 0 amide bonds. The lowest BCUT2D eigenvalue weighted by Gasteiger charge is -2.01. The molecule has 2 heterocycles. The lowest BCUT2D eigenvalue weighted by Crippen LogP contribution is -2.03. The second kappa shape index (κ2) is 3.32. The third kappa shape index (κ3) is 1.55. The summed E-state index contributed by atoms with van der Waals surface area (Å²) in [5, 5.41) is 10.6. The maximum absolute atomic E-state index is 10.6. The van der Waals surface area contributed by atoms with E-state index >= 15 is 0 Å². The third-order valence-electron chi connectivity index (χ3n) is 2.17. The molecule has 0 aromatic carbocycles. The van der Waals surface area contributed by atoms with Crippen molar-refractivity contribution in [1.82, 2.24) is 9.38 Å². The van der Waals surface area contributed by atoms with Crippen LogP contribution in [0.3, 0.4) is 0 Å². The van der Waals surface area contributed by atoms with E-state index in [0.29, 0.717) is 11.2 Å². The molecule has 0 aliphatic heterocycles. The number of nitro groups is 1. The highest BCUT2D eigenvalue weighted by molar-refractivity contribution is 5.59. The first-order chi connectivity index (χ1) is 7.11. The Morgan fingerprint density at radius 2 is 2.33 bits per heavy atom. The minimum Gasteiger partial charge on any atom is -0.325 e. The molecular formula is C9H10N4O2. The van der Waals surface area contributed by atoms with Crippen LogP contribution in [0, 0.1) is 17.0 Å². The Balaban J connectivity index is 2.74. The van der Waals surface area contributed by atoms with Gasteiger partial charge in [0.1, 0.15) is 0 Å². The van der Waals surface area contributed by atoms with E-state index in [9.17, 15) is 10.1 Å². The molecule has 0 spiro atoms. The van der Waals surface area contributed by atoms with Gasteiger partial charge in [0.25, 0.3) is 5.69 Å². The van der Waals surface area contributed by atoms with Gasteiger partial charge in [0.05, 0.1) is 28.0 Å². The van der Waals surface area contributed by atoms with Gasteiger partial charge < -0.3 is 10.1 Å². The van der Waals surface area contributed by atoms with Gasteiger partial charge in [-0.3, -0.25) is 15.1 Å². The Kier molecular flexibility index (Phi) is 2.12. The Hall–Kier alpha value is -1.95. The van der Waals surface area contributed by atoms with E-state index in [1.807, 2.05) is 6.92 Å². The average molecular weight is 206 g/mol. The van der Waals surface area contributed by atoms with E-state index in [2.05, 4.69) is 4.98 Å². The standard InChI is InChI=1S/C9H10N4O2/c1-6-4-12-5-7(13(14)15)2-9(12)8(3-10)11-6/h2,4-5H,3,10H2,1H3.